The second-order valence-corrected chi connectivity index (χ2v) is 6.95. The van der Waals surface area contributed by atoms with E-state index in [0.29, 0.717) is 5.25 Å². The van der Waals surface area contributed by atoms with Crippen molar-refractivity contribution in [3.8, 4) is 0 Å². The quantitative estimate of drug-likeness (QED) is 0.429. The molecule has 3 heteroatoms. The van der Waals surface area contributed by atoms with E-state index in [1.807, 2.05) is 54.6 Å². The Hall–Kier alpha value is -1.58. The summed E-state index contributed by atoms with van der Waals surface area (Å²) in [7, 11) is 0. The Morgan fingerprint density at radius 1 is 1.00 bits per heavy atom. The summed E-state index contributed by atoms with van der Waals surface area (Å²) in [5.41, 5.74) is 2.15. The van der Waals surface area contributed by atoms with Crippen molar-refractivity contribution in [3.63, 3.8) is 0 Å². The van der Waals surface area contributed by atoms with Crippen LogP contribution in [0.3, 0.4) is 0 Å². The summed E-state index contributed by atoms with van der Waals surface area (Å²) in [4.78, 5) is 0.849. The third-order valence-corrected chi connectivity index (χ3v) is 4.02. The maximum atomic E-state index is 5.54. The summed E-state index contributed by atoms with van der Waals surface area (Å²) in [6, 6.07) is 20.3. The van der Waals surface area contributed by atoms with Gasteiger partial charge in [0.1, 0.15) is 0 Å². The highest BCUT2D eigenvalue weighted by atomic mass is 32.2. The molecule has 2 rings (SSSR count). The molecule has 1 N–H and O–H groups in total. The van der Waals surface area contributed by atoms with Crippen LogP contribution in [0, 0.1) is 0 Å². The van der Waals surface area contributed by atoms with Crippen molar-refractivity contribution < 1.29 is 0 Å². The molecule has 0 spiro atoms. The number of allylic oxidation sites excluding steroid dienone is 1. The van der Waals surface area contributed by atoms with Crippen LogP contribution in [-0.4, -0.2) is 10.1 Å². The van der Waals surface area contributed by atoms with Crippen molar-refractivity contribution in [2.75, 3.05) is 5.32 Å². The minimum absolute atomic E-state index is 0.492. The number of thiocarbonyl (C=S) groups is 1. The Balaban J connectivity index is 2.19. The Kier molecular flexibility index (Phi) is 6.03. The van der Waals surface area contributed by atoms with Gasteiger partial charge in [0.15, 0.2) is 0 Å². The smallest absolute Gasteiger partial charge is 0.0742 e. The minimum Gasteiger partial charge on any atom is -0.350 e. The maximum absolute atomic E-state index is 5.54. The maximum Gasteiger partial charge on any atom is 0.0742 e. The largest absolute Gasteiger partial charge is 0.350 e. The fourth-order valence-electron chi connectivity index (χ4n) is 1.82. The van der Waals surface area contributed by atoms with Gasteiger partial charge in [0.2, 0.25) is 0 Å². The van der Waals surface area contributed by atoms with Crippen LogP contribution in [0.15, 0.2) is 71.8 Å². The lowest BCUT2D eigenvalue weighted by atomic mass is 10.1. The van der Waals surface area contributed by atoms with Crippen LogP contribution in [-0.2, 0) is 0 Å². The Bertz CT molecular complexity index is 604. The van der Waals surface area contributed by atoms with Gasteiger partial charge in [-0.2, -0.15) is 0 Å². The van der Waals surface area contributed by atoms with E-state index >= 15 is 0 Å². The molecule has 0 radical (unpaired) electrons. The van der Waals surface area contributed by atoms with Crippen molar-refractivity contribution in [3.05, 3.63) is 77.3 Å². The highest BCUT2D eigenvalue weighted by Crippen LogP contribution is 2.24. The van der Waals surface area contributed by atoms with E-state index in [1.54, 1.807) is 11.8 Å². The summed E-state index contributed by atoms with van der Waals surface area (Å²) in [6.45, 7) is 4.35. The summed E-state index contributed by atoms with van der Waals surface area (Å²) in [6.07, 6.45) is 2.04. The van der Waals surface area contributed by atoms with Gasteiger partial charge in [-0.3, -0.25) is 0 Å². The molecule has 1 nitrogen and oxygen atoms in total. The number of para-hydroxylation sites is 1. The molecule has 0 saturated heterocycles. The van der Waals surface area contributed by atoms with Crippen LogP contribution in [0.1, 0.15) is 19.4 Å². The molecule has 0 atom stereocenters. The van der Waals surface area contributed by atoms with Crippen molar-refractivity contribution >= 4 is 34.5 Å². The Morgan fingerprint density at radius 3 is 2.14 bits per heavy atom. The van der Waals surface area contributed by atoms with E-state index in [-0.39, 0.29) is 0 Å². The van der Waals surface area contributed by atoms with E-state index in [4.69, 9.17) is 12.2 Å². The van der Waals surface area contributed by atoms with Gasteiger partial charge in [-0.1, -0.05) is 74.6 Å². The third-order valence-electron chi connectivity index (χ3n) is 2.72. The van der Waals surface area contributed by atoms with Crippen LogP contribution in [0.2, 0.25) is 0 Å². The van der Waals surface area contributed by atoms with Gasteiger partial charge in [-0.25, -0.2) is 0 Å². The second kappa shape index (κ2) is 8.01. The fraction of sp³-hybridized carbons (Fsp3) is 0.167. The molecule has 0 aliphatic carbocycles. The molecule has 0 unspecified atom stereocenters. The van der Waals surface area contributed by atoms with Crippen molar-refractivity contribution in [1.82, 2.24) is 0 Å². The summed E-state index contributed by atoms with van der Waals surface area (Å²) in [5.74, 6) is 0. The first-order valence-corrected chi connectivity index (χ1v) is 8.24. The van der Waals surface area contributed by atoms with Crippen LogP contribution in [0.25, 0.3) is 0 Å². The van der Waals surface area contributed by atoms with Gasteiger partial charge < -0.3 is 5.32 Å². The monoisotopic (exact) mass is 313 g/mol. The van der Waals surface area contributed by atoms with Crippen molar-refractivity contribution in [2.45, 2.75) is 19.1 Å². The fourth-order valence-corrected chi connectivity index (χ4v) is 3.02. The molecule has 0 aliphatic heterocycles. The molecule has 108 valence electrons. The molecule has 2 aromatic rings. The lowest BCUT2D eigenvalue weighted by molar-refractivity contribution is 1.12. The number of nitrogens with one attached hydrogen (secondary N) is 1. The lowest BCUT2D eigenvalue weighted by Crippen LogP contribution is -2.03. The number of rotatable bonds is 6. The molecular formula is C18H19NS2. The molecule has 0 heterocycles. The number of benzene rings is 2. The molecule has 0 aliphatic rings. The van der Waals surface area contributed by atoms with Gasteiger partial charge in [0, 0.05) is 15.8 Å². The predicted molar refractivity (Wildman–Crippen MR) is 99.0 cm³/mol. The molecule has 0 aromatic heterocycles. The zero-order chi connectivity index (χ0) is 15.1. The molecule has 0 fully saturated rings. The average Bonchev–Trinajstić information content (AvgIpc) is 2.48. The number of hydrogen-bond acceptors (Lipinski definition) is 3. The molecular weight excluding hydrogens is 294 g/mol. The van der Waals surface area contributed by atoms with E-state index < -0.39 is 0 Å². The van der Waals surface area contributed by atoms with Gasteiger partial charge in [0.25, 0.3) is 0 Å². The predicted octanol–water partition coefficient (Wildman–Crippen LogP) is 5.50. The Morgan fingerprint density at radius 2 is 1.57 bits per heavy atom. The van der Waals surface area contributed by atoms with E-state index in [2.05, 4.69) is 31.3 Å². The second-order valence-electron chi connectivity index (χ2n) is 4.90. The zero-order valence-electron chi connectivity index (χ0n) is 12.2. The first-order valence-electron chi connectivity index (χ1n) is 6.95. The van der Waals surface area contributed by atoms with Crippen LogP contribution >= 0.6 is 24.0 Å². The molecule has 2 aromatic carbocycles. The van der Waals surface area contributed by atoms with E-state index in [0.717, 1.165) is 21.1 Å². The number of hydrogen-bond donors (Lipinski definition) is 1. The van der Waals surface area contributed by atoms with E-state index in [9.17, 15) is 0 Å². The first kappa shape index (κ1) is 15.8. The van der Waals surface area contributed by atoms with Gasteiger partial charge in [-0.15, -0.1) is 11.8 Å². The molecule has 0 amide bonds. The molecule has 0 bridgehead atoms. The lowest BCUT2D eigenvalue weighted by Gasteiger charge is -2.13. The van der Waals surface area contributed by atoms with Crippen LogP contribution < -0.4 is 5.32 Å². The highest BCUT2D eigenvalue weighted by molar-refractivity contribution is 8.03. The van der Waals surface area contributed by atoms with Gasteiger partial charge in [0.05, 0.1) is 5.03 Å². The van der Waals surface area contributed by atoms with Crippen molar-refractivity contribution in [1.29, 1.82) is 0 Å². The SMILES string of the molecule is CC(C)S/C(=C/C(=S)c1ccccc1)Nc1ccccc1. The first-order chi connectivity index (χ1) is 10.1. The van der Waals surface area contributed by atoms with Crippen molar-refractivity contribution in [2.24, 2.45) is 0 Å². The third kappa shape index (κ3) is 5.37. The number of anilines is 1. The Labute approximate surface area is 136 Å². The number of thioether (sulfide) groups is 1. The summed E-state index contributed by atoms with van der Waals surface area (Å²) in [5, 5.41) is 5.01. The normalized spacial score (nSPS) is 11.5. The topological polar surface area (TPSA) is 12.0 Å². The molecule has 21 heavy (non-hydrogen) atoms. The zero-order valence-corrected chi connectivity index (χ0v) is 13.9. The van der Waals surface area contributed by atoms with Gasteiger partial charge >= 0.3 is 0 Å². The standard InChI is InChI=1S/C18H19NS2/c1-14(2)21-18(19-16-11-7-4-8-12-16)13-17(20)15-9-5-3-6-10-15/h3-14,19H,1-2H3/b18-13+. The van der Waals surface area contributed by atoms with Crippen LogP contribution in [0.5, 0.6) is 0 Å². The highest BCUT2D eigenvalue weighted by Gasteiger charge is 2.05. The van der Waals surface area contributed by atoms with Crippen LogP contribution in [0.4, 0.5) is 5.69 Å². The van der Waals surface area contributed by atoms with Gasteiger partial charge in [-0.05, 0) is 23.8 Å². The average molecular weight is 313 g/mol. The summed E-state index contributed by atoms with van der Waals surface area (Å²) >= 11 is 7.32. The van der Waals surface area contributed by atoms with E-state index in [1.165, 1.54) is 0 Å². The minimum atomic E-state index is 0.492. The summed E-state index contributed by atoms with van der Waals surface area (Å²) < 4.78 is 0. The molecule has 0 saturated carbocycles.